The third kappa shape index (κ3) is 2.79. The molecule has 7 heteroatoms. The molecule has 0 spiro atoms. The van der Waals surface area contributed by atoms with Crippen LogP contribution >= 0.6 is 23.2 Å². The average molecular weight is 369 g/mol. The fourth-order valence-electron chi connectivity index (χ4n) is 2.48. The summed E-state index contributed by atoms with van der Waals surface area (Å²) in [5, 5.41) is 11.1. The van der Waals surface area contributed by atoms with Gasteiger partial charge in [0, 0.05) is 11.9 Å². The molecule has 0 aliphatic heterocycles. The van der Waals surface area contributed by atoms with Crippen molar-refractivity contribution in [2.24, 2.45) is 0 Å². The molecular formula is C17H12Cl2F2N2O. The standard InChI is InChI=1S/C17H12Cl2F2N2O/c1-9-8-22-16(23-9)17(24,10-2-4-14(20)12(18)6-10)11-3-5-15(21)13(19)7-11/h2-8,24H,1H3,(H,22,23). The monoisotopic (exact) mass is 368 g/mol. The normalized spacial score (nSPS) is 11.8. The Hall–Kier alpha value is -1.95. The minimum absolute atomic E-state index is 0.151. The summed E-state index contributed by atoms with van der Waals surface area (Å²) in [6.07, 6.45) is 1.54. The van der Waals surface area contributed by atoms with Crippen LogP contribution in [0.5, 0.6) is 0 Å². The number of aliphatic hydroxyl groups is 1. The first-order valence-electron chi connectivity index (χ1n) is 6.98. The largest absolute Gasteiger partial charge is 0.373 e. The lowest BCUT2D eigenvalue weighted by atomic mass is 9.85. The molecule has 0 bridgehead atoms. The second-order valence-electron chi connectivity index (χ2n) is 5.38. The van der Waals surface area contributed by atoms with E-state index in [1.54, 1.807) is 6.92 Å². The van der Waals surface area contributed by atoms with Crippen LogP contribution in [0, 0.1) is 18.6 Å². The van der Waals surface area contributed by atoms with Crippen LogP contribution in [-0.4, -0.2) is 15.1 Å². The Morgan fingerprint density at radius 1 is 1.00 bits per heavy atom. The molecule has 0 saturated heterocycles. The van der Waals surface area contributed by atoms with Crippen molar-refractivity contribution in [1.29, 1.82) is 0 Å². The Kier molecular flexibility index (Phi) is 4.34. The van der Waals surface area contributed by atoms with Crippen molar-refractivity contribution in [3.63, 3.8) is 0 Å². The molecule has 0 unspecified atom stereocenters. The van der Waals surface area contributed by atoms with Crippen molar-refractivity contribution in [2.75, 3.05) is 0 Å². The fraction of sp³-hybridized carbons (Fsp3) is 0.118. The van der Waals surface area contributed by atoms with Gasteiger partial charge in [0.1, 0.15) is 17.5 Å². The van der Waals surface area contributed by atoms with E-state index in [0.29, 0.717) is 5.69 Å². The average Bonchev–Trinajstić information content (AvgIpc) is 2.99. The van der Waals surface area contributed by atoms with Gasteiger partial charge in [-0.2, -0.15) is 0 Å². The van der Waals surface area contributed by atoms with Crippen molar-refractivity contribution in [1.82, 2.24) is 9.97 Å². The highest BCUT2D eigenvalue weighted by atomic mass is 35.5. The second-order valence-corrected chi connectivity index (χ2v) is 6.20. The number of aromatic amines is 1. The number of rotatable bonds is 3. The van der Waals surface area contributed by atoms with E-state index in [1.165, 1.54) is 30.5 Å². The van der Waals surface area contributed by atoms with Gasteiger partial charge >= 0.3 is 0 Å². The Morgan fingerprint density at radius 3 is 1.88 bits per heavy atom. The van der Waals surface area contributed by atoms with Crippen molar-refractivity contribution in [3.05, 3.63) is 86.9 Å². The van der Waals surface area contributed by atoms with Gasteiger partial charge in [0.05, 0.1) is 10.0 Å². The smallest absolute Gasteiger partial charge is 0.173 e. The van der Waals surface area contributed by atoms with Gasteiger partial charge in [0.15, 0.2) is 5.60 Å². The molecule has 0 aliphatic carbocycles. The predicted octanol–water partition coefficient (Wildman–Crippen LogP) is 4.59. The zero-order valence-electron chi connectivity index (χ0n) is 12.4. The van der Waals surface area contributed by atoms with E-state index >= 15 is 0 Å². The zero-order valence-corrected chi connectivity index (χ0v) is 14.0. The van der Waals surface area contributed by atoms with Crippen molar-refractivity contribution in [2.45, 2.75) is 12.5 Å². The molecule has 0 amide bonds. The molecule has 1 aromatic heterocycles. The SMILES string of the molecule is Cc1cnc(C(O)(c2ccc(F)c(Cl)c2)c2ccc(F)c(Cl)c2)[nH]1. The van der Waals surface area contributed by atoms with Gasteiger partial charge in [-0.05, 0) is 42.3 Å². The molecule has 0 atom stereocenters. The molecule has 0 fully saturated rings. The molecule has 1 heterocycles. The molecular weight excluding hydrogens is 357 g/mol. The quantitative estimate of drug-likeness (QED) is 0.710. The van der Waals surface area contributed by atoms with Crippen LogP contribution in [0.25, 0.3) is 0 Å². The van der Waals surface area contributed by atoms with E-state index in [2.05, 4.69) is 9.97 Å². The summed E-state index contributed by atoms with van der Waals surface area (Å²) >= 11 is 11.7. The summed E-state index contributed by atoms with van der Waals surface area (Å²) < 4.78 is 27.0. The first-order valence-corrected chi connectivity index (χ1v) is 7.73. The molecule has 24 heavy (non-hydrogen) atoms. The first kappa shape index (κ1) is 16.9. The van der Waals surface area contributed by atoms with E-state index in [9.17, 15) is 13.9 Å². The lowest BCUT2D eigenvalue weighted by Crippen LogP contribution is -2.30. The van der Waals surface area contributed by atoms with Gasteiger partial charge in [-0.3, -0.25) is 0 Å². The van der Waals surface area contributed by atoms with Gasteiger partial charge in [0.25, 0.3) is 0 Å². The van der Waals surface area contributed by atoms with Crippen LogP contribution in [-0.2, 0) is 5.60 Å². The van der Waals surface area contributed by atoms with E-state index < -0.39 is 17.2 Å². The number of aromatic nitrogens is 2. The summed E-state index contributed by atoms with van der Waals surface area (Å²) in [6, 6.07) is 7.65. The molecule has 0 radical (unpaired) electrons. The van der Waals surface area contributed by atoms with E-state index in [4.69, 9.17) is 23.2 Å². The van der Waals surface area contributed by atoms with E-state index in [0.717, 1.165) is 12.1 Å². The molecule has 0 aliphatic rings. The van der Waals surface area contributed by atoms with Crippen LogP contribution in [0.4, 0.5) is 8.78 Å². The number of nitrogens with one attached hydrogen (secondary N) is 1. The minimum Gasteiger partial charge on any atom is -0.373 e. The lowest BCUT2D eigenvalue weighted by Gasteiger charge is -2.28. The fourth-order valence-corrected chi connectivity index (χ4v) is 2.84. The third-order valence-electron chi connectivity index (χ3n) is 3.72. The number of hydrogen-bond acceptors (Lipinski definition) is 2. The van der Waals surface area contributed by atoms with Gasteiger partial charge in [-0.15, -0.1) is 0 Å². The molecule has 2 N–H and O–H groups in total. The molecule has 124 valence electrons. The van der Waals surface area contributed by atoms with Crippen LogP contribution in [0.15, 0.2) is 42.6 Å². The van der Waals surface area contributed by atoms with Gasteiger partial charge in [-0.25, -0.2) is 13.8 Å². The number of aryl methyl sites for hydroxylation is 1. The summed E-state index contributed by atoms with van der Waals surface area (Å²) in [7, 11) is 0. The molecule has 0 saturated carbocycles. The highest BCUT2D eigenvalue weighted by molar-refractivity contribution is 6.31. The second kappa shape index (κ2) is 6.16. The van der Waals surface area contributed by atoms with E-state index in [1.807, 2.05) is 0 Å². The third-order valence-corrected chi connectivity index (χ3v) is 4.30. The maximum Gasteiger partial charge on any atom is 0.173 e. The first-order chi connectivity index (χ1) is 11.3. The summed E-state index contributed by atoms with van der Waals surface area (Å²) in [5.74, 6) is -1.04. The Morgan fingerprint density at radius 2 is 1.50 bits per heavy atom. The number of H-pyrrole nitrogens is 1. The molecule has 3 aromatic rings. The van der Waals surface area contributed by atoms with Crippen molar-refractivity contribution < 1.29 is 13.9 Å². The molecule has 3 rings (SSSR count). The lowest BCUT2D eigenvalue weighted by molar-refractivity contribution is 0.116. The maximum absolute atomic E-state index is 13.5. The minimum atomic E-state index is -1.80. The topological polar surface area (TPSA) is 48.9 Å². The zero-order chi connectivity index (χ0) is 17.5. The van der Waals surface area contributed by atoms with Crippen LogP contribution in [0.2, 0.25) is 10.0 Å². The van der Waals surface area contributed by atoms with Crippen molar-refractivity contribution >= 4 is 23.2 Å². The van der Waals surface area contributed by atoms with Gasteiger partial charge in [0.2, 0.25) is 0 Å². The Labute approximate surface area is 146 Å². The predicted molar refractivity (Wildman–Crippen MR) is 88.2 cm³/mol. The molecule has 2 aromatic carbocycles. The highest BCUT2D eigenvalue weighted by Crippen LogP contribution is 2.37. The van der Waals surface area contributed by atoms with E-state index in [-0.39, 0.29) is 27.0 Å². The number of imidazole rings is 1. The summed E-state index contributed by atoms with van der Waals surface area (Å²) in [6.45, 7) is 1.77. The Balaban J connectivity index is 2.27. The Bertz CT molecular complexity index is 860. The summed E-state index contributed by atoms with van der Waals surface area (Å²) in [4.78, 5) is 7.11. The number of halogens is 4. The van der Waals surface area contributed by atoms with Gasteiger partial charge in [-0.1, -0.05) is 35.3 Å². The molecule has 3 nitrogen and oxygen atoms in total. The van der Waals surface area contributed by atoms with Crippen LogP contribution < -0.4 is 0 Å². The highest BCUT2D eigenvalue weighted by Gasteiger charge is 2.37. The maximum atomic E-state index is 13.5. The van der Waals surface area contributed by atoms with Gasteiger partial charge < -0.3 is 10.1 Å². The number of benzene rings is 2. The van der Waals surface area contributed by atoms with Crippen LogP contribution in [0.1, 0.15) is 22.6 Å². The number of nitrogens with zero attached hydrogens (tertiary/aromatic N) is 1. The van der Waals surface area contributed by atoms with Crippen molar-refractivity contribution in [3.8, 4) is 0 Å². The summed E-state index contributed by atoms with van der Waals surface area (Å²) in [5.41, 5.74) is -0.551. The van der Waals surface area contributed by atoms with Crippen LogP contribution in [0.3, 0.4) is 0 Å². The number of hydrogen-bond donors (Lipinski definition) is 2.